The number of piperidine rings is 1. The normalized spacial score (nSPS) is 28.5. The maximum atomic E-state index is 9.76. The Bertz CT molecular complexity index is 538. The number of halogens is 2. The van der Waals surface area contributed by atoms with Crippen molar-refractivity contribution in [3.8, 4) is 0 Å². The molecule has 2 saturated carbocycles. The third-order valence-electron chi connectivity index (χ3n) is 7.03. The summed E-state index contributed by atoms with van der Waals surface area (Å²) < 4.78 is 0. The molecule has 4 nitrogen and oxygen atoms in total. The number of nitrogens with zero attached hydrogens (tertiary/aromatic N) is 1. The van der Waals surface area contributed by atoms with Gasteiger partial charge in [0.05, 0.1) is 6.10 Å². The van der Waals surface area contributed by atoms with Crippen LogP contribution in [-0.4, -0.2) is 41.4 Å². The molecular formula is C21H35Cl2N3O. The van der Waals surface area contributed by atoms with Crippen LogP contribution < -0.4 is 10.6 Å². The fourth-order valence-electron chi connectivity index (χ4n) is 5.22. The van der Waals surface area contributed by atoms with Gasteiger partial charge in [0.15, 0.2) is 0 Å². The maximum Gasteiger partial charge on any atom is 0.0546 e. The number of aliphatic hydroxyl groups is 1. The molecule has 1 saturated heterocycles. The Balaban J connectivity index is 0.00000131. The van der Waals surface area contributed by atoms with Gasteiger partial charge in [-0.15, -0.1) is 24.8 Å². The van der Waals surface area contributed by atoms with E-state index < -0.39 is 0 Å². The molecule has 1 unspecified atom stereocenters. The van der Waals surface area contributed by atoms with Crippen LogP contribution in [0.25, 0.3) is 0 Å². The summed E-state index contributed by atoms with van der Waals surface area (Å²) in [5, 5.41) is 17.3. The molecule has 1 aliphatic heterocycles. The summed E-state index contributed by atoms with van der Waals surface area (Å²) in [4.78, 5) is 4.53. The lowest BCUT2D eigenvalue weighted by Crippen LogP contribution is -2.51. The van der Waals surface area contributed by atoms with Crippen LogP contribution in [0.4, 0.5) is 0 Å². The molecule has 3 aliphatic rings. The third kappa shape index (κ3) is 5.80. The first-order valence-electron chi connectivity index (χ1n) is 10.3. The molecule has 3 fully saturated rings. The summed E-state index contributed by atoms with van der Waals surface area (Å²) in [6.45, 7) is 2.42. The highest BCUT2D eigenvalue weighted by Gasteiger charge is 2.39. The number of nitrogens with one attached hydrogen (secondary N) is 2. The van der Waals surface area contributed by atoms with Gasteiger partial charge in [0.1, 0.15) is 0 Å². The van der Waals surface area contributed by atoms with Gasteiger partial charge in [0.2, 0.25) is 0 Å². The molecular weight excluding hydrogens is 381 g/mol. The summed E-state index contributed by atoms with van der Waals surface area (Å²) in [6.07, 6.45) is 12.8. The molecule has 0 radical (unpaired) electrons. The van der Waals surface area contributed by atoms with Crippen molar-refractivity contribution in [2.24, 2.45) is 11.3 Å². The van der Waals surface area contributed by atoms with Crippen LogP contribution in [0, 0.1) is 11.3 Å². The molecule has 1 atom stereocenters. The number of aliphatic hydroxyl groups excluding tert-OH is 1. The van der Waals surface area contributed by atoms with Crippen LogP contribution in [0.5, 0.6) is 0 Å². The van der Waals surface area contributed by atoms with Crippen LogP contribution in [0.15, 0.2) is 24.4 Å². The van der Waals surface area contributed by atoms with Crippen molar-refractivity contribution >= 4 is 24.8 Å². The molecule has 154 valence electrons. The van der Waals surface area contributed by atoms with Crippen molar-refractivity contribution in [1.82, 2.24) is 15.6 Å². The summed E-state index contributed by atoms with van der Waals surface area (Å²) in [6, 6.07) is 7.31. The van der Waals surface area contributed by atoms with Gasteiger partial charge >= 0.3 is 0 Å². The van der Waals surface area contributed by atoms with E-state index in [1.54, 1.807) is 0 Å². The van der Waals surface area contributed by atoms with Gasteiger partial charge in [0.25, 0.3) is 0 Å². The van der Waals surface area contributed by atoms with E-state index in [0.29, 0.717) is 23.4 Å². The van der Waals surface area contributed by atoms with Crippen molar-refractivity contribution < 1.29 is 5.11 Å². The smallest absolute Gasteiger partial charge is 0.0546 e. The average Bonchev–Trinajstić information content (AvgIpc) is 2.62. The van der Waals surface area contributed by atoms with Gasteiger partial charge in [-0.1, -0.05) is 6.07 Å². The number of rotatable bonds is 5. The lowest BCUT2D eigenvalue weighted by Gasteiger charge is -2.45. The van der Waals surface area contributed by atoms with E-state index in [9.17, 15) is 5.11 Å². The van der Waals surface area contributed by atoms with Crippen LogP contribution in [0.2, 0.25) is 0 Å². The Hall–Kier alpha value is -0.390. The molecule has 0 aromatic carbocycles. The van der Waals surface area contributed by atoms with Gasteiger partial charge in [-0.25, -0.2) is 0 Å². The molecule has 4 rings (SSSR count). The second-order valence-corrected chi connectivity index (χ2v) is 8.71. The van der Waals surface area contributed by atoms with Crippen molar-refractivity contribution in [2.45, 2.75) is 76.0 Å². The number of hydrogen-bond acceptors (Lipinski definition) is 4. The molecule has 0 amide bonds. The Morgan fingerprint density at radius 2 is 1.81 bits per heavy atom. The molecule has 0 bridgehead atoms. The number of hydrogen-bond donors (Lipinski definition) is 3. The zero-order chi connectivity index (χ0) is 17.1. The summed E-state index contributed by atoms with van der Waals surface area (Å²) >= 11 is 0. The van der Waals surface area contributed by atoms with Gasteiger partial charge in [-0.2, -0.15) is 0 Å². The molecule has 3 N–H and O–H groups in total. The van der Waals surface area contributed by atoms with E-state index in [1.165, 1.54) is 57.3 Å². The fraction of sp³-hybridized carbons (Fsp3) is 0.762. The van der Waals surface area contributed by atoms with Gasteiger partial charge in [-0.3, -0.25) is 4.98 Å². The Morgan fingerprint density at radius 3 is 2.41 bits per heavy atom. The van der Waals surface area contributed by atoms with Crippen molar-refractivity contribution in [1.29, 1.82) is 0 Å². The van der Waals surface area contributed by atoms with Crippen LogP contribution in [0.1, 0.15) is 57.1 Å². The highest BCUT2D eigenvalue weighted by molar-refractivity contribution is 5.85. The number of pyridine rings is 1. The molecule has 6 heteroatoms. The minimum Gasteiger partial charge on any atom is -0.393 e. The van der Waals surface area contributed by atoms with Crippen molar-refractivity contribution in [2.75, 3.05) is 13.1 Å². The van der Waals surface area contributed by atoms with Crippen molar-refractivity contribution in [3.05, 3.63) is 30.1 Å². The van der Waals surface area contributed by atoms with Crippen LogP contribution >= 0.6 is 24.8 Å². The lowest BCUT2D eigenvalue weighted by molar-refractivity contribution is 0.0183. The third-order valence-corrected chi connectivity index (χ3v) is 7.03. The summed E-state index contributed by atoms with van der Waals surface area (Å²) in [5.74, 6) is 0.603. The molecule has 1 aromatic heterocycles. The van der Waals surface area contributed by atoms with E-state index in [0.717, 1.165) is 19.3 Å². The second kappa shape index (κ2) is 10.4. The fourth-order valence-corrected chi connectivity index (χ4v) is 5.22. The zero-order valence-corrected chi connectivity index (χ0v) is 17.7. The minimum atomic E-state index is -0.0811. The monoisotopic (exact) mass is 415 g/mol. The topological polar surface area (TPSA) is 57.2 Å². The molecule has 27 heavy (non-hydrogen) atoms. The Morgan fingerprint density at radius 1 is 1.11 bits per heavy atom. The average molecular weight is 416 g/mol. The van der Waals surface area contributed by atoms with Gasteiger partial charge in [-0.05, 0) is 87.9 Å². The highest BCUT2D eigenvalue weighted by atomic mass is 35.5. The molecule has 1 spiro atoms. The van der Waals surface area contributed by atoms with Crippen LogP contribution in [0.3, 0.4) is 0 Å². The Labute approximate surface area is 176 Å². The first-order valence-corrected chi connectivity index (χ1v) is 10.3. The van der Waals surface area contributed by atoms with E-state index >= 15 is 0 Å². The maximum absolute atomic E-state index is 9.76. The van der Waals surface area contributed by atoms with E-state index in [1.807, 2.05) is 12.3 Å². The first-order chi connectivity index (χ1) is 12.2. The van der Waals surface area contributed by atoms with E-state index in [4.69, 9.17) is 0 Å². The second-order valence-electron chi connectivity index (χ2n) is 8.71. The summed E-state index contributed by atoms with van der Waals surface area (Å²) in [7, 11) is 0. The highest BCUT2D eigenvalue weighted by Crippen LogP contribution is 2.43. The van der Waals surface area contributed by atoms with Gasteiger partial charge in [0, 0.05) is 30.4 Å². The Kier molecular flexibility index (Phi) is 8.82. The van der Waals surface area contributed by atoms with E-state index in [-0.39, 0.29) is 30.9 Å². The molecule has 2 aliphatic carbocycles. The quantitative estimate of drug-likeness (QED) is 0.688. The summed E-state index contributed by atoms with van der Waals surface area (Å²) in [5.41, 5.74) is 1.80. The van der Waals surface area contributed by atoms with Gasteiger partial charge < -0.3 is 15.7 Å². The molecule has 1 aromatic rings. The zero-order valence-electron chi connectivity index (χ0n) is 16.1. The number of aromatic nitrogens is 1. The van der Waals surface area contributed by atoms with Crippen LogP contribution in [-0.2, 0) is 6.42 Å². The molecule has 2 heterocycles. The first kappa shape index (κ1) is 22.9. The predicted molar refractivity (Wildman–Crippen MR) is 115 cm³/mol. The largest absolute Gasteiger partial charge is 0.393 e. The standard InChI is InChI=1S/C21H33N3O.2ClH/c25-19-13-16(14-19)20(15-18-3-1-2-10-23-18)24-17-4-6-21(7-5-17)8-11-22-12-9-21;;/h1-3,10,16-17,19-20,22,24-25H,4-9,11-15H2;2*1H. The van der Waals surface area contributed by atoms with E-state index in [2.05, 4.69) is 27.8 Å². The lowest BCUT2D eigenvalue weighted by atomic mass is 9.67. The van der Waals surface area contributed by atoms with Crippen molar-refractivity contribution in [3.63, 3.8) is 0 Å². The predicted octanol–water partition coefficient (Wildman–Crippen LogP) is 3.51. The SMILES string of the molecule is Cl.Cl.OC1CC(C(Cc2ccccn2)NC2CCC3(CCNCC3)CC2)C1. The minimum absolute atomic E-state index is 0.